The minimum absolute atomic E-state index is 0.0173. The van der Waals surface area contributed by atoms with Crippen molar-refractivity contribution in [3.63, 3.8) is 0 Å². The number of aryl methyl sites for hydroxylation is 1. The molecule has 3 nitrogen and oxygen atoms in total. The highest BCUT2D eigenvalue weighted by molar-refractivity contribution is 5.34. The predicted molar refractivity (Wildman–Crippen MR) is 84.0 cm³/mol. The largest absolute Gasteiger partial charge is 0.380 e. The quantitative estimate of drug-likeness (QED) is 0.866. The summed E-state index contributed by atoms with van der Waals surface area (Å²) in [4.78, 5) is 2.57. The Morgan fingerprint density at radius 3 is 2.59 bits per heavy atom. The fourth-order valence-corrected chi connectivity index (χ4v) is 4.73. The van der Waals surface area contributed by atoms with Crippen LogP contribution in [0.3, 0.4) is 0 Å². The molecule has 2 N–H and O–H groups in total. The number of halogens is 1. The van der Waals surface area contributed by atoms with E-state index in [4.69, 9.17) is 10.5 Å². The van der Waals surface area contributed by atoms with Gasteiger partial charge in [0, 0.05) is 36.0 Å². The summed E-state index contributed by atoms with van der Waals surface area (Å²) in [7, 11) is 0. The van der Waals surface area contributed by atoms with Crippen LogP contribution in [0.15, 0.2) is 18.2 Å². The van der Waals surface area contributed by atoms with E-state index in [-0.39, 0.29) is 22.7 Å². The van der Waals surface area contributed by atoms with Gasteiger partial charge < -0.3 is 10.5 Å². The van der Waals surface area contributed by atoms with Crippen LogP contribution >= 0.6 is 0 Å². The lowest BCUT2D eigenvalue weighted by Gasteiger charge is -2.38. The van der Waals surface area contributed by atoms with Crippen LogP contribution in [0, 0.1) is 16.6 Å². The molecule has 2 unspecified atom stereocenters. The van der Waals surface area contributed by atoms with Gasteiger partial charge in [0.1, 0.15) is 5.82 Å². The number of hydrogen-bond acceptors (Lipinski definition) is 3. The average Bonchev–Trinajstić information content (AvgIpc) is 2.86. The van der Waals surface area contributed by atoms with Crippen LogP contribution in [-0.2, 0) is 11.2 Å². The summed E-state index contributed by atoms with van der Waals surface area (Å²) in [5.74, 6) is -0.155. The highest BCUT2D eigenvalue weighted by Crippen LogP contribution is 2.52. The third-order valence-electron chi connectivity index (χ3n) is 6.46. The lowest BCUT2D eigenvalue weighted by atomic mass is 9.71. The highest BCUT2D eigenvalue weighted by atomic mass is 19.1. The second-order valence-corrected chi connectivity index (χ2v) is 7.99. The van der Waals surface area contributed by atoms with Crippen LogP contribution in [0.25, 0.3) is 0 Å². The lowest BCUT2D eigenvalue weighted by Crippen LogP contribution is -2.45. The summed E-state index contributed by atoms with van der Waals surface area (Å²) in [5.41, 5.74) is 9.24. The van der Waals surface area contributed by atoms with E-state index < -0.39 is 0 Å². The van der Waals surface area contributed by atoms with Crippen molar-refractivity contribution in [1.82, 2.24) is 4.90 Å². The minimum atomic E-state index is -0.155. The Balaban J connectivity index is 1.59. The summed E-state index contributed by atoms with van der Waals surface area (Å²) in [6.07, 6.45) is 1.94. The molecule has 1 aromatic rings. The molecule has 0 saturated carbocycles. The molecule has 3 aliphatic rings. The maximum Gasteiger partial charge on any atom is 0.123 e. The summed E-state index contributed by atoms with van der Waals surface area (Å²) in [5, 5.41) is 0. The molecule has 0 amide bonds. The molecule has 22 heavy (non-hydrogen) atoms. The standard InChI is InChI=1S/C18H25FN2O/c1-17-8-21(9-18(17,2)11-22-10-17)15-6-3-12-7-13(19)4-5-14(12)16(15)20/h4-5,7,15-16H,3,6,8-11,20H2,1-2H3/t15?,16-,17-,18?/m1/s1. The van der Waals surface area contributed by atoms with E-state index in [9.17, 15) is 4.39 Å². The number of likely N-dealkylation sites (tertiary alicyclic amines) is 1. The molecule has 2 aliphatic heterocycles. The van der Waals surface area contributed by atoms with Gasteiger partial charge in [0.2, 0.25) is 0 Å². The van der Waals surface area contributed by atoms with E-state index in [0.717, 1.165) is 50.3 Å². The zero-order chi connectivity index (χ0) is 15.5. The fourth-order valence-electron chi connectivity index (χ4n) is 4.73. The van der Waals surface area contributed by atoms with E-state index in [1.165, 1.54) is 6.07 Å². The maximum absolute atomic E-state index is 13.4. The Hall–Kier alpha value is -0.970. The van der Waals surface area contributed by atoms with Crippen LogP contribution in [0.4, 0.5) is 4.39 Å². The third kappa shape index (κ3) is 1.97. The number of ether oxygens (including phenoxy) is 1. The SMILES string of the molecule is CC12COC[C@@]1(C)CN(C1CCc3cc(F)ccc3[C@H]1N)C2. The number of hydrogen-bond donors (Lipinski definition) is 1. The maximum atomic E-state index is 13.4. The molecule has 0 aromatic heterocycles. The minimum Gasteiger partial charge on any atom is -0.380 e. The number of benzene rings is 1. The molecule has 4 heteroatoms. The average molecular weight is 304 g/mol. The van der Waals surface area contributed by atoms with Crippen molar-refractivity contribution in [3.05, 3.63) is 35.1 Å². The molecular weight excluding hydrogens is 279 g/mol. The summed E-state index contributed by atoms with van der Waals surface area (Å²) in [6.45, 7) is 8.50. The van der Waals surface area contributed by atoms with Crippen molar-refractivity contribution in [2.24, 2.45) is 16.6 Å². The zero-order valence-corrected chi connectivity index (χ0v) is 13.4. The first-order valence-corrected chi connectivity index (χ1v) is 8.28. The number of nitrogens with two attached hydrogens (primary N) is 1. The van der Waals surface area contributed by atoms with Crippen LogP contribution in [-0.4, -0.2) is 37.2 Å². The summed E-state index contributed by atoms with van der Waals surface area (Å²) in [6, 6.07) is 5.41. The van der Waals surface area contributed by atoms with Crippen LogP contribution in [0.1, 0.15) is 37.4 Å². The molecule has 2 fully saturated rings. The van der Waals surface area contributed by atoms with Gasteiger partial charge in [-0.05, 0) is 36.1 Å². The monoisotopic (exact) mass is 304 g/mol. The number of rotatable bonds is 1. The van der Waals surface area contributed by atoms with Crippen molar-refractivity contribution >= 4 is 0 Å². The van der Waals surface area contributed by atoms with Crippen molar-refractivity contribution in [1.29, 1.82) is 0 Å². The Morgan fingerprint density at radius 2 is 1.91 bits per heavy atom. The summed E-state index contributed by atoms with van der Waals surface area (Å²) < 4.78 is 19.2. The Kier molecular flexibility index (Phi) is 3.16. The topological polar surface area (TPSA) is 38.5 Å². The van der Waals surface area contributed by atoms with Crippen molar-refractivity contribution < 1.29 is 9.13 Å². The first kappa shape index (κ1) is 14.6. The van der Waals surface area contributed by atoms with Gasteiger partial charge in [0.05, 0.1) is 13.2 Å². The highest BCUT2D eigenvalue weighted by Gasteiger charge is 2.57. The van der Waals surface area contributed by atoms with E-state index in [2.05, 4.69) is 18.7 Å². The van der Waals surface area contributed by atoms with Gasteiger partial charge in [-0.25, -0.2) is 4.39 Å². The van der Waals surface area contributed by atoms with Crippen molar-refractivity contribution in [2.45, 2.75) is 38.8 Å². The van der Waals surface area contributed by atoms with Gasteiger partial charge in [-0.15, -0.1) is 0 Å². The summed E-state index contributed by atoms with van der Waals surface area (Å²) >= 11 is 0. The smallest absolute Gasteiger partial charge is 0.123 e. The molecule has 2 saturated heterocycles. The number of nitrogens with zero attached hydrogens (tertiary/aromatic N) is 1. The van der Waals surface area contributed by atoms with E-state index in [0.29, 0.717) is 6.04 Å². The molecule has 2 heterocycles. The van der Waals surface area contributed by atoms with E-state index in [1.807, 2.05) is 6.07 Å². The van der Waals surface area contributed by atoms with Gasteiger partial charge in [-0.1, -0.05) is 19.9 Å². The van der Waals surface area contributed by atoms with Gasteiger partial charge in [0.25, 0.3) is 0 Å². The van der Waals surface area contributed by atoms with Gasteiger partial charge >= 0.3 is 0 Å². The fraction of sp³-hybridized carbons (Fsp3) is 0.667. The van der Waals surface area contributed by atoms with Crippen molar-refractivity contribution in [2.75, 3.05) is 26.3 Å². The van der Waals surface area contributed by atoms with Crippen LogP contribution in [0.2, 0.25) is 0 Å². The Morgan fingerprint density at radius 1 is 1.23 bits per heavy atom. The molecule has 1 aliphatic carbocycles. The zero-order valence-electron chi connectivity index (χ0n) is 13.4. The van der Waals surface area contributed by atoms with Gasteiger partial charge in [0.15, 0.2) is 0 Å². The second kappa shape index (κ2) is 4.76. The molecule has 4 atom stereocenters. The first-order chi connectivity index (χ1) is 10.4. The normalized spacial score (nSPS) is 41.5. The van der Waals surface area contributed by atoms with Crippen LogP contribution in [0.5, 0.6) is 0 Å². The Bertz CT molecular complexity index is 589. The molecule has 0 spiro atoms. The van der Waals surface area contributed by atoms with Gasteiger partial charge in [-0.3, -0.25) is 4.90 Å². The molecule has 0 bridgehead atoms. The third-order valence-corrected chi connectivity index (χ3v) is 6.46. The van der Waals surface area contributed by atoms with Crippen molar-refractivity contribution in [3.8, 4) is 0 Å². The van der Waals surface area contributed by atoms with E-state index >= 15 is 0 Å². The molecule has 120 valence electrons. The van der Waals surface area contributed by atoms with Crippen LogP contribution < -0.4 is 5.73 Å². The second-order valence-electron chi connectivity index (χ2n) is 7.99. The van der Waals surface area contributed by atoms with Gasteiger partial charge in [-0.2, -0.15) is 0 Å². The van der Waals surface area contributed by atoms with E-state index in [1.54, 1.807) is 6.07 Å². The molecule has 4 rings (SSSR count). The molecular formula is C18H25FN2O. The first-order valence-electron chi connectivity index (χ1n) is 8.28. The lowest BCUT2D eigenvalue weighted by molar-refractivity contribution is 0.102. The Labute approximate surface area is 131 Å². The molecule has 0 radical (unpaired) electrons. The number of fused-ring (bicyclic) bond motifs is 2. The predicted octanol–water partition coefficient (Wildman–Crippen LogP) is 2.50. The molecule has 1 aromatic carbocycles.